The second-order valence-electron chi connectivity index (χ2n) is 8.01. The van der Waals surface area contributed by atoms with E-state index in [0.29, 0.717) is 10.7 Å². The van der Waals surface area contributed by atoms with Crippen LogP contribution in [0.3, 0.4) is 0 Å². The Labute approximate surface area is 202 Å². The maximum atomic E-state index is 13.1. The molecule has 4 aromatic rings. The highest BCUT2D eigenvalue weighted by Crippen LogP contribution is 2.25. The van der Waals surface area contributed by atoms with Crippen molar-refractivity contribution in [2.45, 2.75) is 37.7 Å². The van der Waals surface area contributed by atoms with Crippen molar-refractivity contribution < 1.29 is 13.2 Å². The molecule has 0 aliphatic rings. The number of hydrogen-bond acceptors (Lipinski definition) is 7. The van der Waals surface area contributed by atoms with Crippen molar-refractivity contribution in [3.8, 4) is 11.4 Å². The third-order valence-electron chi connectivity index (χ3n) is 5.66. The molecule has 11 heteroatoms. The molecule has 0 saturated carbocycles. The van der Waals surface area contributed by atoms with Crippen LogP contribution in [-0.2, 0) is 10.0 Å². The van der Waals surface area contributed by atoms with Crippen LogP contribution in [0, 0.1) is 27.7 Å². The number of primary sulfonamides is 1. The molecule has 2 aromatic carbocycles. The number of nitrogens with two attached hydrogens (primary N) is 1. The predicted octanol–water partition coefficient (Wildman–Crippen LogP) is 3.31. The lowest BCUT2D eigenvalue weighted by atomic mass is 10.1. The molecule has 0 fully saturated rings. The summed E-state index contributed by atoms with van der Waals surface area (Å²) in [4.78, 5) is 13.1. The van der Waals surface area contributed by atoms with Crippen LogP contribution in [-0.4, -0.2) is 44.7 Å². The van der Waals surface area contributed by atoms with Gasteiger partial charge in [-0.25, -0.2) is 13.6 Å². The van der Waals surface area contributed by atoms with Gasteiger partial charge in [-0.3, -0.25) is 4.79 Å². The number of thioether (sulfide) groups is 1. The molecule has 34 heavy (non-hydrogen) atoms. The van der Waals surface area contributed by atoms with Gasteiger partial charge >= 0.3 is 0 Å². The Morgan fingerprint density at radius 3 is 2.29 bits per heavy atom. The summed E-state index contributed by atoms with van der Waals surface area (Å²) >= 11 is 1.27. The van der Waals surface area contributed by atoms with Crippen molar-refractivity contribution in [2.24, 2.45) is 5.14 Å². The van der Waals surface area contributed by atoms with E-state index in [4.69, 9.17) is 5.14 Å². The Morgan fingerprint density at radius 2 is 1.65 bits per heavy atom. The van der Waals surface area contributed by atoms with E-state index in [2.05, 4.69) is 15.5 Å². The van der Waals surface area contributed by atoms with Gasteiger partial charge in [-0.2, -0.15) is 4.68 Å². The van der Waals surface area contributed by atoms with Gasteiger partial charge in [0.1, 0.15) is 0 Å². The molecule has 2 aromatic heterocycles. The highest BCUT2D eigenvalue weighted by Gasteiger charge is 2.19. The summed E-state index contributed by atoms with van der Waals surface area (Å²) in [5, 5.41) is 17.6. The summed E-state index contributed by atoms with van der Waals surface area (Å²) in [6, 6.07) is 14.0. The first-order valence-corrected chi connectivity index (χ1v) is 12.9. The number of Topliss-reactive ketones (excluding diaryl/α,β-unsaturated/α-hetero) is 1. The van der Waals surface area contributed by atoms with Gasteiger partial charge in [0, 0.05) is 22.6 Å². The number of sulfonamides is 1. The van der Waals surface area contributed by atoms with Crippen molar-refractivity contribution in [1.82, 2.24) is 24.8 Å². The molecule has 0 amide bonds. The molecule has 4 rings (SSSR count). The zero-order valence-electron chi connectivity index (χ0n) is 19.2. The third kappa shape index (κ3) is 4.67. The molecule has 2 N–H and O–H groups in total. The monoisotopic (exact) mass is 496 g/mol. The number of aryl methyl sites for hydroxylation is 3. The van der Waals surface area contributed by atoms with Crippen LogP contribution in [0.4, 0.5) is 0 Å². The minimum Gasteiger partial charge on any atom is -0.318 e. The minimum atomic E-state index is -3.77. The second kappa shape index (κ2) is 9.16. The highest BCUT2D eigenvalue weighted by molar-refractivity contribution is 7.99. The molecule has 9 nitrogen and oxygen atoms in total. The summed E-state index contributed by atoms with van der Waals surface area (Å²) in [5.41, 5.74) is 6.09. The number of nitrogens with zero attached hydrogens (tertiary/aromatic N) is 5. The fraction of sp³-hybridized carbons (Fsp3) is 0.217. The summed E-state index contributed by atoms with van der Waals surface area (Å²) < 4.78 is 26.6. The standard InChI is InChI=1S/C23H24N6O3S2/c1-14-5-6-19(11-15(14)2)29-23(25-26-27-29)33-13-22(30)21-12-16(3)28(17(21)4)18-7-9-20(10-8-18)34(24,31)32/h5-12H,13H2,1-4H3,(H2,24,31,32). The molecule has 0 bridgehead atoms. The second-order valence-corrected chi connectivity index (χ2v) is 10.5. The van der Waals surface area contributed by atoms with Gasteiger partial charge in [-0.1, -0.05) is 17.8 Å². The highest BCUT2D eigenvalue weighted by atomic mass is 32.2. The van der Waals surface area contributed by atoms with Gasteiger partial charge in [0.25, 0.3) is 0 Å². The first-order chi connectivity index (χ1) is 16.1. The quantitative estimate of drug-likeness (QED) is 0.307. The fourth-order valence-electron chi connectivity index (χ4n) is 3.72. The maximum absolute atomic E-state index is 13.1. The average Bonchev–Trinajstić information content (AvgIpc) is 3.37. The largest absolute Gasteiger partial charge is 0.318 e. The first-order valence-electron chi connectivity index (χ1n) is 10.4. The molecule has 0 atom stereocenters. The molecule has 2 heterocycles. The van der Waals surface area contributed by atoms with Crippen molar-refractivity contribution >= 4 is 27.6 Å². The lowest BCUT2D eigenvalue weighted by molar-refractivity contribution is 0.102. The predicted molar refractivity (Wildman–Crippen MR) is 130 cm³/mol. The van der Waals surface area contributed by atoms with Crippen molar-refractivity contribution in [3.05, 3.63) is 76.6 Å². The molecule has 0 unspecified atom stereocenters. The number of ketones is 1. The molecule has 0 aliphatic carbocycles. The van der Waals surface area contributed by atoms with Crippen LogP contribution in [0.5, 0.6) is 0 Å². The van der Waals surface area contributed by atoms with Crippen LogP contribution < -0.4 is 5.14 Å². The number of carbonyl (C=O) groups is 1. The normalized spacial score (nSPS) is 11.7. The Bertz CT molecular complexity index is 1490. The van der Waals surface area contributed by atoms with E-state index in [9.17, 15) is 13.2 Å². The van der Waals surface area contributed by atoms with Crippen LogP contribution in [0.15, 0.2) is 58.6 Å². The van der Waals surface area contributed by atoms with Crippen LogP contribution >= 0.6 is 11.8 Å². The molecule has 0 saturated heterocycles. The van der Waals surface area contributed by atoms with Crippen molar-refractivity contribution in [1.29, 1.82) is 0 Å². The third-order valence-corrected chi connectivity index (χ3v) is 7.51. The Kier molecular flexibility index (Phi) is 6.43. The first kappa shape index (κ1) is 23.9. The van der Waals surface area contributed by atoms with Gasteiger partial charge in [-0.15, -0.1) is 5.10 Å². The average molecular weight is 497 g/mol. The van der Waals surface area contributed by atoms with Gasteiger partial charge in [0.2, 0.25) is 15.2 Å². The van der Waals surface area contributed by atoms with Crippen molar-refractivity contribution in [2.75, 3.05) is 5.75 Å². The van der Waals surface area contributed by atoms with E-state index < -0.39 is 10.0 Å². The Morgan fingerprint density at radius 1 is 0.971 bits per heavy atom. The van der Waals surface area contributed by atoms with Gasteiger partial charge in [0.15, 0.2) is 5.78 Å². The smallest absolute Gasteiger partial charge is 0.238 e. The molecule has 0 radical (unpaired) electrons. The van der Waals surface area contributed by atoms with Crippen LogP contribution in [0.1, 0.15) is 32.9 Å². The number of rotatable bonds is 7. The zero-order valence-corrected chi connectivity index (χ0v) is 20.8. The van der Waals surface area contributed by atoms with E-state index in [1.165, 1.54) is 29.5 Å². The summed E-state index contributed by atoms with van der Waals surface area (Å²) in [6.07, 6.45) is 0. The topological polar surface area (TPSA) is 126 Å². The van der Waals surface area contributed by atoms with E-state index in [0.717, 1.165) is 28.3 Å². The molecular weight excluding hydrogens is 472 g/mol. The van der Waals surface area contributed by atoms with Crippen molar-refractivity contribution in [3.63, 3.8) is 0 Å². The Hall–Kier alpha value is -3.28. The van der Waals surface area contributed by atoms with E-state index >= 15 is 0 Å². The summed E-state index contributed by atoms with van der Waals surface area (Å²) in [7, 11) is -3.77. The van der Waals surface area contributed by atoms with Gasteiger partial charge in [0.05, 0.1) is 16.3 Å². The zero-order chi connectivity index (χ0) is 24.6. The van der Waals surface area contributed by atoms with Gasteiger partial charge < -0.3 is 4.57 Å². The van der Waals surface area contributed by atoms with E-state index in [1.807, 2.05) is 56.5 Å². The summed E-state index contributed by atoms with van der Waals surface area (Å²) in [6.45, 7) is 7.82. The summed E-state index contributed by atoms with van der Waals surface area (Å²) in [5.74, 6) is 0.111. The SMILES string of the molecule is Cc1ccc(-n2nnnc2SCC(=O)c2cc(C)n(-c3ccc(S(N)(=O)=O)cc3)c2C)cc1C. The number of aromatic nitrogens is 5. The number of hydrogen-bond donors (Lipinski definition) is 1. The minimum absolute atomic E-state index is 0.0351. The molecule has 0 aliphatic heterocycles. The van der Waals surface area contributed by atoms with E-state index in [-0.39, 0.29) is 16.4 Å². The lowest BCUT2D eigenvalue weighted by Gasteiger charge is -2.10. The lowest BCUT2D eigenvalue weighted by Crippen LogP contribution is -2.12. The molecular formula is C23H24N6O3S2. The van der Waals surface area contributed by atoms with Crippen LogP contribution in [0.25, 0.3) is 11.4 Å². The van der Waals surface area contributed by atoms with E-state index in [1.54, 1.807) is 16.8 Å². The number of benzene rings is 2. The number of carbonyl (C=O) groups excluding carboxylic acids is 1. The number of tetrazole rings is 1. The maximum Gasteiger partial charge on any atom is 0.238 e. The molecule has 176 valence electrons. The van der Waals surface area contributed by atoms with Crippen LogP contribution in [0.2, 0.25) is 0 Å². The van der Waals surface area contributed by atoms with Gasteiger partial charge in [-0.05, 0) is 91.7 Å². The fourth-order valence-corrected chi connectivity index (χ4v) is 5.01. The molecule has 0 spiro atoms. The Balaban J connectivity index is 1.55.